The molecule has 3 aromatic rings. The van der Waals surface area contributed by atoms with Crippen LogP contribution in [0, 0.1) is 13.8 Å². The Bertz CT molecular complexity index is 1190. The predicted octanol–water partition coefficient (Wildman–Crippen LogP) is 4.50. The Morgan fingerprint density at radius 3 is 2.27 bits per heavy atom. The van der Waals surface area contributed by atoms with Gasteiger partial charge in [0.1, 0.15) is 17.9 Å². The van der Waals surface area contributed by atoms with Gasteiger partial charge in [-0.15, -0.1) is 0 Å². The second-order valence-electron chi connectivity index (χ2n) is 8.28. The molecular formula is C25H28F3NO4. The van der Waals surface area contributed by atoms with E-state index in [2.05, 4.69) is 0 Å². The molecule has 1 aromatic heterocycles. The summed E-state index contributed by atoms with van der Waals surface area (Å²) in [7, 11) is 0. The highest BCUT2D eigenvalue weighted by Gasteiger charge is 2.41. The molecule has 0 fully saturated rings. The first-order valence-electron chi connectivity index (χ1n) is 11.0. The molecule has 5 nitrogen and oxygen atoms in total. The van der Waals surface area contributed by atoms with Crippen molar-refractivity contribution in [1.82, 2.24) is 0 Å². The monoisotopic (exact) mass is 463 g/mol. The first-order valence-corrected chi connectivity index (χ1v) is 11.0. The Balaban J connectivity index is 2.21. The third kappa shape index (κ3) is 5.33. The zero-order valence-corrected chi connectivity index (χ0v) is 19.2. The second-order valence-corrected chi connectivity index (χ2v) is 8.28. The first-order chi connectivity index (χ1) is 15.6. The number of benzene rings is 2. The molecule has 1 N–H and O–H groups in total. The summed E-state index contributed by atoms with van der Waals surface area (Å²) in [6.45, 7) is 9.30. The van der Waals surface area contributed by atoms with Crippen LogP contribution in [0.15, 0.2) is 39.5 Å². The third-order valence-corrected chi connectivity index (χ3v) is 5.67. The minimum Gasteiger partial charge on any atom is -0.872 e. The van der Waals surface area contributed by atoms with Crippen LogP contribution < -0.4 is 20.2 Å². The van der Waals surface area contributed by atoms with E-state index in [0.717, 1.165) is 42.0 Å². The molecule has 0 saturated heterocycles. The van der Waals surface area contributed by atoms with Crippen LogP contribution in [-0.2, 0) is 12.7 Å². The van der Waals surface area contributed by atoms with E-state index in [4.69, 9.17) is 9.15 Å². The van der Waals surface area contributed by atoms with Gasteiger partial charge in [0.05, 0.1) is 18.5 Å². The third-order valence-electron chi connectivity index (χ3n) is 5.67. The number of halogens is 3. The Hall–Kier alpha value is -3.00. The van der Waals surface area contributed by atoms with Crippen molar-refractivity contribution >= 4 is 11.0 Å². The number of nitrogens with one attached hydrogen (secondary N) is 1. The molecule has 0 aliphatic heterocycles. The van der Waals surface area contributed by atoms with E-state index in [0.29, 0.717) is 0 Å². The lowest BCUT2D eigenvalue weighted by atomic mass is 10.1. The number of quaternary nitrogens is 1. The number of rotatable bonds is 8. The summed E-state index contributed by atoms with van der Waals surface area (Å²) >= 11 is 0. The second kappa shape index (κ2) is 9.87. The van der Waals surface area contributed by atoms with Gasteiger partial charge >= 0.3 is 6.18 Å². The summed E-state index contributed by atoms with van der Waals surface area (Å²) < 4.78 is 52.5. The van der Waals surface area contributed by atoms with Crippen molar-refractivity contribution in [2.75, 3.05) is 13.1 Å². The topological polar surface area (TPSA) is 66.9 Å². The quantitative estimate of drug-likeness (QED) is 0.534. The summed E-state index contributed by atoms with van der Waals surface area (Å²) in [5.41, 5.74) is 0.527. The molecule has 178 valence electrons. The average Bonchev–Trinajstić information content (AvgIpc) is 2.74. The molecule has 1 heterocycles. The van der Waals surface area contributed by atoms with Gasteiger partial charge in [-0.2, -0.15) is 13.2 Å². The molecule has 0 radical (unpaired) electrons. The number of aryl methyl sites for hydroxylation is 2. The van der Waals surface area contributed by atoms with Crippen LogP contribution in [0.5, 0.6) is 17.2 Å². The molecule has 2 aromatic carbocycles. The lowest BCUT2D eigenvalue weighted by Crippen LogP contribution is -3.10. The maximum Gasteiger partial charge on any atom is 0.453 e. The highest BCUT2D eigenvalue weighted by molar-refractivity contribution is 5.83. The SMILES string of the molecule is CCC[NH+](CCC)Cc1c([O-])ccc2c(=O)c(Oc3ccc(C)c(C)c3)c(C(F)(F)F)oc12. The Labute approximate surface area is 190 Å². The van der Waals surface area contributed by atoms with Crippen molar-refractivity contribution in [3.8, 4) is 17.2 Å². The molecule has 0 bridgehead atoms. The van der Waals surface area contributed by atoms with Gasteiger partial charge in [-0.25, -0.2) is 0 Å². The fourth-order valence-corrected chi connectivity index (χ4v) is 3.88. The van der Waals surface area contributed by atoms with Crippen LogP contribution in [0.25, 0.3) is 11.0 Å². The smallest absolute Gasteiger partial charge is 0.453 e. The number of ether oxygens (including phenoxy) is 1. The zero-order chi connectivity index (χ0) is 24.3. The van der Waals surface area contributed by atoms with E-state index in [-0.39, 0.29) is 28.8 Å². The molecule has 0 atom stereocenters. The maximum atomic E-state index is 13.9. The van der Waals surface area contributed by atoms with E-state index in [9.17, 15) is 23.1 Å². The first kappa shape index (κ1) is 24.6. The van der Waals surface area contributed by atoms with Crippen molar-refractivity contribution in [3.63, 3.8) is 0 Å². The van der Waals surface area contributed by atoms with Gasteiger partial charge in [-0.3, -0.25) is 4.79 Å². The number of fused-ring (bicyclic) bond motifs is 1. The lowest BCUT2D eigenvalue weighted by molar-refractivity contribution is -0.914. The maximum absolute atomic E-state index is 13.9. The van der Waals surface area contributed by atoms with Gasteiger partial charge < -0.3 is 19.2 Å². The Kier molecular flexibility index (Phi) is 7.37. The molecule has 0 amide bonds. The molecule has 0 aliphatic rings. The van der Waals surface area contributed by atoms with E-state index in [1.54, 1.807) is 19.1 Å². The molecule has 0 saturated carbocycles. The van der Waals surface area contributed by atoms with Crippen LogP contribution in [0.2, 0.25) is 0 Å². The van der Waals surface area contributed by atoms with Crippen molar-refractivity contribution < 1.29 is 32.3 Å². The van der Waals surface area contributed by atoms with Gasteiger partial charge in [0, 0.05) is 5.56 Å². The molecular weight excluding hydrogens is 435 g/mol. The largest absolute Gasteiger partial charge is 0.872 e. The standard InChI is InChI=1S/C25H28F3NO4/c1-5-11-29(12-6-2)14-19-20(30)10-9-18-21(31)23(24(25(26,27)28)33-22(18)19)32-17-8-7-15(3)16(4)13-17/h7-10,13,30H,5-6,11-12,14H2,1-4H3. The normalized spacial score (nSPS) is 12.0. The summed E-state index contributed by atoms with van der Waals surface area (Å²) in [5, 5.41) is 12.5. The van der Waals surface area contributed by atoms with Gasteiger partial charge in [-0.1, -0.05) is 31.7 Å². The van der Waals surface area contributed by atoms with Crippen LogP contribution in [-0.4, -0.2) is 13.1 Å². The summed E-state index contributed by atoms with van der Waals surface area (Å²) in [4.78, 5) is 14.2. The number of hydrogen-bond acceptors (Lipinski definition) is 4. The number of hydrogen-bond donors (Lipinski definition) is 1. The minimum atomic E-state index is -4.99. The van der Waals surface area contributed by atoms with Crippen molar-refractivity contribution in [1.29, 1.82) is 0 Å². The summed E-state index contributed by atoms with van der Waals surface area (Å²) in [6, 6.07) is 7.16. The van der Waals surface area contributed by atoms with E-state index in [1.165, 1.54) is 18.2 Å². The van der Waals surface area contributed by atoms with E-state index >= 15 is 0 Å². The van der Waals surface area contributed by atoms with Crippen LogP contribution >= 0.6 is 0 Å². The fourth-order valence-electron chi connectivity index (χ4n) is 3.88. The van der Waals surface area contributed by atoms with Crippen LogP contribution in [0.4, 0.5) is 13.2 Å². The molecule has 8 heteroatoms. The van der Waals surface area contributed by atoms with E-state index in [1.807, 2.05) is 20.8 Å². The van der Waals surface area contributed by atoms with Crippen molar-refractivity contribution in [2.24, 2.45) is 0 Å². The molecule has 0 spiro atoms. The van der Waals surface area contributed by atoms with Gasteiger partial charge in [0.25, 0.3) is 5.76 Å². The number of alkyl halides is 3. The molecule has 0 unspecified atom stereocenters. The molecule has 33 heavy (non-hydrogen) atoms. The summed E-state index contributed by atoms with van der Waals surface area (Å²) in [6.07, 6.45) is -3.29. The van der Waals surface area contributed by atoms with Crippen molar-refractivity contribution in [2.45, 2.75) is 53.3 Å². The minimum absolute atomic E-state index is 0.0738. The van der Waals surface area contributed by atoms with Crippen molar-refractivity contribution in [3.05, 3.63) is 63.0 Å². The van der Waals surface area contributed by atoms with Crippen LogP contribution in [0.3, 0.4) is 0 Å². The average molecular weight is 463 g/mol. The molecule has 3 rings (SSSR count). The molecule has 0 aliphatic carbocycles. The van der Waals surface area contributed by atoms with Crippen LogP contribution in [0.1, 0.15) is 49.1 Å². The van der Waals surface area contributed by atoms with E-state index < -0.39 is 28.9 Å². The predicted molar refractivity (Wildman–Crippen MR) is 118 cm³/mol. The summed E-state index contributed by atoms with van der Waals surface area (Å²) in [5.74, 6) is -2.84. The Morgan fingerprint density at radius 1 is 1.03 bits per heavy atom. The van der Waals surface area contributed by atoms with Gasteiger partial charge in [0.2, 0.25) is 11.2 Å². The highest BCUT2D eigenvalue weighted by atomic mass is 19.4. The van der Waals surface area contributed by atoms with Gasteiger partial charge in [-0.05, 0) is 56.0 Å². The Morgan fingerprint density at radius 2 is 1.70 bits per heavy atom. The van der Waals surface area contributed by atoms with Gasteiger partial charge in [0.15, 0.2) is 0 Å². The highest BCUT2D eigenvalue weighted by Crippen LogP contribution is 2.39. The zero-order valence-electron chi connectivity index (χ0n) is 19.2. The lowest BCUT2D eigenvalue weighted by Gasteiger charge is -2.23. The fraction of sp³-hybridized carbons (Fsp3) is 0.400.